The fraction of sp³-hybridized carbons (Fsp3) is 0.600. The summed E-state index contributed by atoms with van der Waals surface area (Å²) in [5, 5.41) is 0. The standard InChI is InChI=1S/C10H17/c1-4-6-7-8-9-10(3)5-2/h4H,1,6-9H2,2-3H3. The molecule has 0 amide bonds. The molecule has 0 aliphatic heterocycles. The van der Waals surface area contributed by atoms with Gasteiger partial charge in [0, 0.05) is 0 Å². The molecule has 0 aromatic rings. The Kier molecular flexibility index (Phi) is 6.25. The van der Waals surface area contributed by atoms with Crippen molar-refractivity contribution in [2.24, 2.45) is 0 Å². The highest BCUT2D eigenvalue weighted by molar-refractivity contribution is 4.89. The van der Waals surface area contributed by atoms with Crippen molar-refractivity contribution in [3.8, 4) is 0 Å². The molecule has 0 saturated carbocycles. The maximum Gasteiger partial charge on any atom is -0.0317 e. The Morgan fingerprint density at radius 1 is 1.50 bits per heavy atom. The van der Waals surface area contributed by atoms with E-state index in [1.54, 1.807) is 0 Å². The van der Waals surface area contributed by atoms with E-state index < -0.39 is 0 Å². The summed E-state index contributed by atoms with van der Waals surface area (Å²) in [7, 11) is 0. The molecule has 1 radical (unpaired) electrons. The highest BCUT2D eigenvalue weighted by Gasteiger charge is 1.87. The summed E-state index contributed by atoms with van der Waals surface area (Å²) in [6.45, 7) is 7.78. The van der Waals surface area contributed by atoms with Crippen LogP contribution < -0.4 is 0 Å². The minimum Gasteiger partial charge on any atom is -0.103 e. The van der Waals surface area contributed by atoms with Gasteiger partial charge in [0.1, 0.15) is 0 Å². The lowest BCUT2D eigenvalue weighted by atomic mass is 10.1. The summed E-state index contributed by atoms with van der Waals surface area (Å²) in [6, 6.07) is 0. The smallest absolute Gasteiger partial charge is 0.0317 e. The molecule has 0 aliphatic carbocycles. The molecule has 0 bridgehead atoms. The van der Waals surface area contributed by atoms with Crippen LogP contribution in [0.15, 0.2) is 18.2 Å². The van der Waals surface area contributed by atoms with Crippen molar-refractivity contribution in [1.82, 2.24) is 0 Å². The molecule has 0 heteroatoms. The van der Waals surface area contributed by atoms with Gasteiger partial charge >= 0.3 is 0 Å². The van der Waals surface area contributed by atoms with Gasteiger partial charge in [0.2, 0.25) is 0 Å². The van der Waals surface area contributed by atoms with E-state index in [1.165, 1.54) is 24.8 Å². The fourth-order valence-electron chi connectivity index (χ4n) is 0.804. The van der Waals surface area contributed by atoms with Crippen molar-refractivity contribution < 1.29 is 0 Å². The normalized spacial score (nSPS) is 11.6. The predicted molar refractivity (Wildman–Crippen MR) is 46.8 cm³/mol. The maximum atomic E-state index is 3.68. The van der Waals surface area contributed by atoms with Crippen LogP contribution in [0.25, 0.3) is 0 Å². The second-order valence-corrected chi connectivity index (χ2v) is 2.56. The van der Waals surface area contributed by atoms with E-state index in [0.717, 1.165) is 6.42 Å². The molecule has 0 rings (SSSR count). The van der Waals surface area contributed by atoms with E-state index in [0.29, 0.717) is 0 Å². The number of rotatable bonds is 5. The van der Waals surface area contributed by atoms with Crippen LogP contribution >= 0.6 is 0 Å². The number of unbranched alkanes of at least 4 members (excludes halogenated alkanes) is 2. The first-order valence-electron chi connectivity index (χ1n) is 3.92. The zero-order valence-corrected chi connectivity index (χ0v) is 7.11. The van der Waals surface area contributed by atoms with Gasteiger partial charge < -0.3 is 0 Å². The van der Waals surface area contributed by atoms with Crippen molar-refractivity contribution in [2.45, 2.75) is 39.5 Å². The first kappa shape index (κ1) is 9.48. The van der Waals surface area contributed by atoms with Gasteiger partial charge in [-0.3, -0.25) is 0 Å². The molecule has 0 aromatic heterocycles. The maximum absolute atomic E-state index is 3.68. The van der Waals surface area contributed by atoms with Gasteiger partial charge in [0.15, 0.2) is 0 Å². The van der Waals surface area contributed by atoms with Gasteiger partial charge in [-0.25, -0.2) is 0 Å². The summed E-state index contributed by atoms with van der Waals surface area (Å²) in [5.74, 6) is 0. The zero-order chi connectivity index (χ0) is 7.82. The topological polar surface area (TPSA) is 0 Å². The second kappa shape index (κ2) is 6.60. The van der Waals surface area contributed by atoms with Crippen LogP contribution in [0.3, 0.4) is 0 Å². The van der Waals surface area contributed by atoms with E-state index in [1.807, 2.05) is 13.0 Å². The van der Waals surface area contributed by atoms with Gasteiger partial charge in [-0.15, -0.1) is 6.58 Å². The Labute approximate surface area is 64.6 Å². The molecule has 0 atom stereocenters. The third-order valence-corrected chi connectivity index (χ3v) is 1.64. The third-order valence-electron chi connectivity index (χ3n) is 1.64. The van der Waals surface area contributed by atoms with Crippen LogP contribution in [-0.4, -0.2) is 0 Å². The molecule has 0 nitrogen and oxygen atoms in total. The van der Waals surface area contributed by atoms with Crippen LogP contribution in [-0.2, 0) is 0 Å². The molecule has 0 spiro atoms. The SMILES string of the molecule is C=CCCCC/C(C)=[C]\C. The van der Waals surface area contributed by atoms with Gasteiger partial charge in [-0.05, 0) is 45.6 Å². The van der Waals surface area contributed by atoms with E-state index in [9.17, 15) is 0 Å². The van der Waals surface area contributed by atoms with Crippen molar-refractivity contribution >= 4 is 0 Å². The molecule has 0 fully saturated rings. The van der Waals surface area contributed by atoms with Crippen molar-refractivity contribution in [3.05, 3.63) is 24.3 Å². The first-order chi connectivity index (χ1) is 4.81. The van der Waals surface area contributed by atoms with Gasteiger partial charge in [-0.2, -0.15) is 0 Å². The summed E-state index contributed by atoms with van der Waals surface area (Å²) in [5.41, 5.74) is 1.38. The highest BCUT2D eigenvalue weighted by atomic mass is 13.9. The lowest BCUT2D eigenvalue weighted by Gasteiger charge is -1.97. The first-order valence-corrected chi connectivity index (χ1v) is 3.92. The van der Waals surface area contributed by atoms with Crippen molar-refractivity contribution in [2.75, 3.05) is 0 Å². The summed E-state index contributed by atoms with van der Waals surface area (Å²) in [6.07, 6.45) is 10.0. The van der Waals surface area contributed by atoms with Crippen LogP contribution in [0.4, 0.5) is 0 Å². The Balaban J connectivity index is 3.11. The average molecular weight is 137 g/mol. The van der Waals surface area contributed by atoms with Crippen molar-refractivity contribution in [1.29, 1.82) is 0 Å². The Bertz CT molecular complexity index is 109. The summed E-state index contributed by atoms with van der Waals surface area (Å²) in [4.78, 5) is 0. The molecule has 10 heavy (non-hydrogen) atoms. The lowest BCUT2D eigenvalue weighted by molar-refractivity contribution is 0.740. The molecule has 0 aromatic carbocycles. The average Bonchev–Trinajstić information content (AvgIpc) is 1.98. The Hall–Kier alpha value is -0.520. The number of allylic oxidation sites excluding steroid dienone is 3. The van der Waals surface area contributed by atoms with E-state index in [4.69, 9.17) is 0 Å². The molecule has 0 N–H and O–H groups in total. The molecule has 0 aliphatic rings. The van der Waals surface area contributed by atoms with Crippen LogP contribution in [0.2, 0.25) is 0 Å². The van der Waals surface area contributed by atoms with E-state index in [2.05, 4.69) is 19.6 Å². The quantitative estimate of drug-likeness (QED) is 0.402. The molecule has 57 valence electrons. The largest absolute Gasteiger partial charge is 0.103 e. The Morgan fingerprint density at radius 2 is 2.20 bits per heavy atom. The predicted octanol–water partition coefficient (Wildman–Crippen LogP) is 3.50. The third kappa shape index (κ3) is 5.61. The number of hydrogen-bond donors (Lipinski definition) is 0. The fourth-order valence-corrected chi connectivity index (χ4v) is 0.804. The van der Waals surface area contributed by atoms with Gasteiger partial charge in [0.25, 0.3) is 0 Å². The van der Waals surface area contributed by atoms with Crippen molar-refractivity contribution in [3.63, 3.8) is 0 Å². The zero-order valence-electron chi connectivity index (χ0n) is 7.11. The number of hydrogen-bond acceptors (Lipinski definition) is 0. The molecule has 0 unspecified atom stereocenters. The van der Waals surface area contributed by atoms with Crippen LogP contribution in [0, 0.1) is 6.08 Å². The Morgan fingerprint density at radius 3 is 2.70 bits per heavy atom. The minimum atomic E-state index is 1.15. The molecular weight excluding hydrogens is 120 g/mol. The van der Waals surface area contributed by atoms with Gasteiger partial charge in [-0.1, -0.05) is 11.6 Å². The van der Waals surface area contributed by atoms with Gasteiger partial charge in [0.05, 0.1) is 0 Å². The lowest BCUT2D eigenvalue weighted by Crippen LogP contribution is -1.77. The molecule has 0 saturated heterocycles. The summed E-state index contributed by atoms with van der Waals surface area (Å²) >= 11 is 0. The van der Waals surface area contributed by atoms with Crippen LogP contribution in [0.5, 0.6) is 0 Å². The molecular formula is C10H17. The monoisotopic (exact) mass is 137 g/mol. The highest BCUT2D eigenvalue weighted by Crippen LogP contribution is 2.07. The molecule has 0 heterocycles. The van der Waals surface area contributed by atoms with Crippen LogP contribution in [0.1, 0.15) is 39.5 Å². The summed E-state index contributed by atoms with van der Waals surface area (Å²) < 4.78 is 0. The van der Waals surface area contributed by atoms with E-state index in [-0.39, 0.29) is 0 Å². The second-order valence-electron chi connectivity index (χ2n) is 2.56. The van der Waals surface area contributed by atoms with E-state index >= 15 is 0 Å². The minimum absolute atomic E-state index is 1.15.